The molecule has 4 bridgehead atoms. The number of hydrogen-bond donors (Lipinski definition) is 1. The average Bonchev–Trinajstić information content (AvgIpc) is 2.47. The lowest BCUT2D eigenvalue weighted by molar-refractivity contribution is -0.130. The molecule has 0 radical (unpaired) electrons. The molecule has 2 nitrogen and oxygen atoms in total. The van der Waals surface area contributed by atoms with E-state index >= 15 is 0 Å². The van der Waals surface area contributed by atoms with Gasteiger partial charge in [0.25, 0.3) is 0 Å². The maximum Gasteiger partial charge on any atom is 0.221 e. The Morgan fingerprint density at radius 2 is 1.71 bits per heavy atom. The molecule has 130 valence electrons. The van der Waals surface area contributed by atoms with Gasteiger partial charge in [0.1, 0.15) is 0 Å². The lowest BCUT2D eigenvalue weighted by Crippen LogP contribution is -2.48. The van der Waals surface area contributed by atoms with E-state index in [9.17, 15) is 4.79 Å². The minimum Gasteiger partial charge on any atom is -0.350 e. The van der Waals surface area contributed by atoms with E-state index < -0.39 is 0 Å². The maximum absolute atomic E-state index is 12.8. The largest absolute Gasteiger partial charge is 0.350 e. The van der Waals surface area contributed by atoms with E-state index in [0.29, 0.717) is 5.41 Å². The summed E-state index contributed by atoms with van der Waals surface area (Å²) in [4.78, 5) is 12.8. The third-order valence-electron chi connectivity index (χ3n) is 6.98. The standard InChI is InChI=1S/C22H31NO/c1-14-4-5-15(2)20(6-14)16(3)23-21(24)13-22-10-17-7-18(11-22)9-19(8-17)12-22/h4-6,16-19H,7-13H2,1-3H3,(H,23,24)/t16-,17?,18?,19?,22?/m1/s1. The molecule has 2 heteroatoms. The molecule has 5 rings (SSSR count). The molecular weight excluding hydrogens is 294 g/mol. The van der Waals surface area contributed by atoms with Gasteiger partial charge in [0.05, 0.1) is 6.04 Å². The van der Waals surface area contributed by atoms with Gasteiger partial charge in [0.15, 0.2) is 0 Å². The molecule has 1 atom stereocenters. The molecule has 4 aliphatic carbocycles. The summed E-state index contributed by atoms with van der Waals surface area (Å²) in [5.41, 5.74) is 4.12. The molecule has 1 N–H and O–H groups in total. The molecule has 0 spiro atoms. The second-order valence-corrected chi connectivity index (χ2v) is 9.24. The molecule has 0 saturated heterocycles. The highest BCUT2D eigenvalue weighted by molar-refractivity contribution is 5.77. The molecule has 0 aromatic heterocycles. The van der Waals surface area contributed by atoms with Gasteiger partial charge in [0.2, 0.25) is 5.91 Å². The quantitative estimate of drug-likeness (QED) is 0.821. The molecule has 1 aromatic carbocycles. The van der Waals surface area contributed by atoms with Crippen LogP contribution < -0.4 is 5.32 Å². The van der Waals surface area contributed by atoms with Crippen LogP contribution in [0.2, 0.25) is 0 Å². The molecule has 4 aliphatic rings. The van der Waals surface area contributed by atoms with E-state index in [1.54, 1.807) is 0 Å². The summed E-state index contributed by atoms with van der Waals surface area (Å²) in [6.45, 7) is 6.38. The molecule has 1 aromatic rings. The first kappa shape index (κ1) is 16.2. The number of hydrogen-bond acceptors (Lipinski definition) is 1. The van der Waals surface area contributed by atoms with Gasteiger partial charge >= 0.3 is 0 Å². The van der Waals surface area contributed by atoms with Gasteiger partial charge in [-0.2, -0.15) is 0 Å². The second kappa shape index (κ2) is 5.89. The SMILES string of the molecule is Cc1ccc(C)c([C@@H](C)NC(=O)CC23CC4CC(CC(C4)C2)C3)c1. The van der Waals surface area contributed by atoms with Crippen LogP contribution in [0.4, 0.5) is 0 Å². The lowest BCUT2D eigenvalue weighted by atomic mass is 9.49. The average molecular weight is 325 g/mol. The van der Waals surface area contributed by atoms with E-state index in [-0.39, 0.29) is 11.9 Å². The maximum atomic E-state index is 12.8. The summed E-state index contributed by atoms with van der Waals surface area (Å²) in [5.74, 6) is 3.02. The van der Waals surface area contributed by atoms with Crippen molar-refractivity contribution in [2.24, 2.45) is 23.2 Å². The van der Waals surface area contributed by atoms with Crippen LogP contribution in [0.15, 0.2) is 18.2 Å². The van der Waals surface area contributed by atoms with Crippen LogP contribution in [0, 0.1) is 37.0 Å². The summed E-state index contributed by atoms with van der Waals surface area (Å²) < 4.78 is 0. The van der Waals surface area contributed by atoms with E-state index in [2.05, 4.69) is 44.3 Å². The Morgan fingerprint density at radius 3 is 2.29 bits per heavy atom. The van der Waals surface area contributed by atoms with E-state index in [1.165, 1.54) is 55.2 Å². The van der Waals surface area contributed by atoms with Crippen molar-refractivity contribution < 1.29 is 4.79 Å². The summed E-state index contributed by atoms with van der Waals surface area (Å²) in [6, 6.07) is 6.62. The molecular formula is C22H31NO. The highest BCUT2D eigenvalue weighted by atomic mass is 16.1. The Balaban J connectivity index is 1.42. The number of amides is 1. The molecule has 4 saturated carbocycles. The first-order valence-electron chi connectivity index (χ1n) is 9.79. The second-order valence-electron chi connectivity index (χ2n) is 9.24. The van der Waals surface area contributed by atoms with Crippen molar-refractivity contribution in [2.75, 3.05) is 0 Å². The third kappa shape index (κ3) is 3.00. The van der Waals surface area contributed by atoms with Crippen molar-refractivity contribution in [3.05, 3.63) is 34.9 Å². The minimum absolute atomic E-state index is 0.103. The number of carbonyl (C=O) groups is 1. The summed E-state index contributed by atoms with van der Waals surface area (Å²) in [7, 11) is 0. The van der Waals surface area contributed by atoms with Crippen LogP contribution in [0.1, 0.15) is 74.6 Å². The van der Waals surface area contributed by atoms with Gasteiger partial charge in [-0.05, 0) is 93.6 Å². The number of benzene rings is 1. The molecule has 1 amide bonds. The summed E-state index contributed by atoms with van der Waals surface area (Å²) >= 11 is 0. The zero-order valence-corrected chi connectivity index (χ0v) is 15.4. The molecule has 24 heavy (non-hydrogen) atoms. The van der Waals surface area contributed by atoms with E-state index in [1.807, 2.05) is 0 Å². The minimum atomic E-state index is 0.103. The third-order valence-corrected chi connectivity index (χ3v) is 6.98. The summed E-state index contributed by atoms with van der Waals surface area (Å²) in [6.07, 6.45) is 9.02. The highest BCUT2D eigenvalue weighted by Gasteiger charge is 2.51. The van der Waals surface area contributed by atoms with Crippen LogP contribution >= 0.6 is 0 Å². The van der Waals surface area contributed by atoms with Gasteiger partial charge < -0.3 is 5.32 Å². The van der Waals surface area contributed by atoms with Crippen molar-refractivity contribution in [3.8, 4) is 0 Å². The normalized spacial score (nSPS) is 35.0. The topological polar surface area (TPSA) is 29.1 Å². The molecule has 0 unspecified atom stereocenters. The van der Waals surface area contributed by atoms with Gasteiger partial charge in [-0.3, -0.25) is 4.79 Å². The van der Waals surface area contributed by atoms with Crippen molar-refractivity contribution in [2.45, 2.75) is 71.8 Å². The number of nitrogens with one attached hydrogen (secondary N) is 1. The fourth-order valence-electron chi connectivity index (χ4n) is 6.44. The van der Waals surface area contributed by atoms with Gasteiger partial charge in [-0.15, -0.1) is 0 Å². The van der Waals surface area contributed by atoms with Crippen molar-refractivity contribution in [3.63, 3.8) is 0 Å². The fourth-order valence-corrected chi connectivity index (χ4v) is 6.44. The predicted octanol–water partition coefficient (Wildman–Crippen LogP) is 5.09. The van der Waals surface area contributed by atoms with Crippen LogP contribution in [-0.4, -0.2) is 5.91 Å². The van der Waals surface area contributed by atoms with Crippen LogP contribution in [0.3, 0.4) is 0 Å². The molecule has 0 aliphatic heterocycles. The van der Waals surface area contributed by atoms with E-state index in [0.717, 1.165) is 24.2 Å². The first-order valence-corrected chi connectivity index (χ1v) is 9.79. The zero-order chi connectivity index (χ0) is 16.9. The van der Waals surface area contributed by atoms with E-state index in [4.69, 9.17) is 0 Å². The Morgan fingerprint density at radius 1 is 1.12 bits per heavy atom. The number of aryl methyl sites for hydroxylation is 2. The molecule has 0 heterocycles. The van der Waals surface area contributed by atoms with Crippen LogP contribution in [-0.2, 0) is 4.79 Å². The Kier molecular flexibility index (Phi) is 3.97. The number of rotatable bonds is 4. The number of carbonyl (C=O) groups excluding carboxylic acids is 1. The predicted molar refractivity (Wildman–Crippen MR) is 97.7 cm³/mol. The van der Waals surface area contributed by atoms with Crippen molar-refractivity contribution in [1.29, 1.82) is 0 Å². The zero-order valence-electron chi connectivity index (χ0n) is 15.4. The fraction of sp³-hybridized carbons (Fsp3) is 0.682. The smallest absolute Gasteiger partial charge is 0.221 e. The van der Waals surface area contributed by atoms with Gasteiger partial charge in [-0.1, -0.05) is 23.8 Å². The Hall–Kier alpha value is -1.31. The first-order chi connectivity index (χ1) is 11.4. The van der Waals surface area contributed by atoms with Crippen LogP contribution in [0.25, 0.3) is 0 Å². The van der Waals surface area contributed by atoms with Crippen molar-refractivity contribution >= 4 is 5.91 Å². The monoisotopic (exact) mass is 325 g/mol. The van der Waals surface area contributed by atoms with Crippen LogP contribution in [0.5, 0.6) is 0 Å². The molecule has 4 fully saturated rings. The summed E-state index contributed by atoms with van der Waals surface area (Å²) in [5, 5.41) is 3.30. The Bertz CT molecular complexity index is 612. The van der Waals surface area contributed by atoms with Gasteiger partial charge in [0, 0.05) is 6.42 Å². The lowest BCUT2D eigenvalue weighted by Gasteiger charge is -2.56. The van der Waals surface area contributed by atoms with Crippen molar-refractivity contribution in [1.82, 2.24) is 5.32 Å². The highest BCUT2D eigenvalue weighted by Crippen LogP contribution is 2.61. The Labute approximate surface area is 146 Å². The van der Waals surface area contributed by atoms with Gasteiger partial charge in [-0.25, -0.2) is 0 Å².